The van der Waals surface area contributed by atoms with Gasteiger partial charge in [-0.05, 0) is 35.0 Å². The van der Waals surface area contributed by atoms with Crippen LogP contribution in [0.2, 0.25) is 0 Å². The third-order valence-corrected chi connectivity index (χ3v) is 3.20. The zero-order chi connectivity index (χ0) is 13.1. The Morgan fingerprint density at radius 1 is 1.39 bits per heavy atom. The molecule has 1 atom stereocenters. The van der Waals surface area contributed by atoms with Crippen molar-refractivity contribution >= 4 is 21.8 Å². The van der Waals surface area contributed by atoms with E-state index in [0.29, 0.717) is 15.8 Å². The lowest BCUT2D eigenvalue weighted by molar-refractivity contribution is 0.0937. The van der Waals surface area contributed by atoms with Gasteiger partial charge in [-0.3, -0.25) is 4.79 Å². The summed E-state index contributed by atoms with van der Waals surface area (Å²) in [5, 5.41) is 2.71. The number of halogens is 2. The van der Waals surface area contributed by atoms with E-state index in [0.717, 1.165) is 0 Å². The summed E-state index contributed by atoms with van der Waals surface area (Å²) in [5.41, 5.74) is 0.837. The lowest BCUT2D eigenvalue weighted by Crippen LogP contribution is -2.27. The minimum atomic E-state index is -0.416. The number of carbonyl (C=O) groups is 1. The van der Waals surface area contributed by atoms with Crippen molar-refractivity contribution in [2.24, 2.45) is 0 Å². The predicted molar refractivity (Wildman–Crippen MR) is 68.7 cm³/mol. The molecule has 3 nitrogen and oxygen atoms in total. The van der Waals surface area contributed by atoms with E-state index in [-0.39, 0.29) is 11.7 Å². The van der Waals surface area contributed by atoms with Crippen LogP contribution < -0.4 is 5.32 Å². The highest BCUT2D eigenvalue weighted by Crippen LogP contribution is 2.20. The van der Waals surface area contributed by atoms with Crippen molar-refractivity contribution < 1.29 is 13.6 Å². The van der Waals surface area contributed by atoms with Crippen LogP contribution in [0.25, 0.3) is 0 Å². The molecule has 0 bridgehead atoms. The zero-order valence-electron chi connectivity index (χ0n) is 9.61. The Kier molecular flexibility index (Phi) is 3.81. The van der Waals surface area contributed by atoms with Crippen LogP contribution in [0.3, 0.4) is 0 Å². The molecule has 2 rings (SSSR count). The van der Waals surface area contributed by atoms with Crippen molar-refractivity contribution in [2.45, 2.75) is 13.0 Å². The van der Waals surface area contributed by atoms with E-state index in [2.05, 4.69) is 21.2 Å². The zero-order valence-corrected chi connectivity index (χ0v) is 11.2. The molecule has 1 heterocycles. The van der Waals surface area contributed by atoms with Crippen molar-refractivity contribution in [3.05, 3.63) is 58.2 Å². The van der Waals surface area contributed by atoms with E-state index in [1.807, 2.05) is 0 Å². The Balaban J connectivity index is 2.13. The maximum absolute atomic E-state index is 13.5. The molecule has 0 spiro atoms. The highest BCUT2D eigenvalue weighted by atomic mass is 79.9. The number of benzene rings is 1. The largest absolute Gasteiger partial charge is 0.457 e. The molecule has 0 saturated carbocycles. The Morgan fingerprint density at radius 3 is 2.72 bits per heavy atom. The number of carbonyl (C=O) groups excluding carboxylic acids is 1. The highest BCUT2D eigenvalue weighted by molar-refractivity contribution is 9.10. The van der Waals surface area contributed by atoms with Gasteiger partial charge in [0.25, 0.3) is 5.91 Å². The first-order valence-electron chi connectivity index (χ1n) is 5.38. The number of nitrogens with one attached hydrogen (secondary N) is 1. The van der Waals surface area contributed by atoms with Gasteiger partial charge in [0, 0.05) is 5.56 Å². The first-order chi connectivity index (χ1) is 8.59. The first kappa shape index (κ1) is 12.8. The molecule has 1 N–H and O–H groups in total. The molecule has 1 amide bonds. The molecule has 0 fully saturated rings. The molecule has 1 aromatic carbocycles. The summed E-state index contributed by atoms with van der Waals surface area (Å²) in [4.78, 5) is 11.9. The van der Waals surface area contributed by atoms with Gasteiger partial charge < -0.3 is 9.73 Å². The van der Waals surface area contributed by atoms with Crippen LogP contribution in [0.5, 0.6) is 0 Å². The summed E-state index contributed by atoms with van der Waals surface area (Å²) in [6, 6.07) is 7.49. The van der Waals surface area contributed by atoms with Crippen molar-refractivity contribution in [3.63, 3.8) is 0 Å². The van der Waals surface area contributed by atoms with E-state index in [1.54, 1.807) is 31.2 Å². The SMILES string of the molecule is CC(NC(=O)c1ccoc1Br)c1ccccc1F. The molecule has 94 valence electrons. The second-order valence-electron chi connectivity index (χ2n) is 3.82. The van der Waals surface area contributed by atoms with Crippen LogP contribution in [-0.2, 0) is 0 Å². The van der Waals surface area contributed by atoms with Gasteiger partial charge in [-0.1, -0.05) is 18.2 Å². The van der Waals surface area contributed by atoms with Gasteiger partial charge in [-0.25, -0.2) is 4.39 Å². The summed E-state index contributed by atoms with van der Waals surface area (Å²) < 4.78 is 18.9. The second-order valence-corrected chi connectivity index (χ2v) is 4.54. The molecule has 0 radical (unpaired) electrons. The number of rotatable bonds is 3. The minimum Gasteiger partial charge on any atom is -0.457 e. The summed E-state index contributed by atoms with van der Waals surface area (Å²) in [6.45, 7) is 1.73. The number of hydrogen-bond donors (Lipinski definition) is 1. The molecule has 5 heteroatoms. The van der Waals surface area contributed by atoms with Crippen LogP contribution >= 0.6 is 15.9 Å². The van der Waals surface area contributed by atoms with Crippen molar-refractivity contribution in [1.29, 1.82) is 0 Å². The third kappa shape index (κ3) is 2.61. The molecule has 0 aliphatic heterocycles. The van der Waals surface area contributed by atoms with E-state index in [1.165, 1.54) is 12.3 Å². The summed E-state index contributed by atoms with van der Waals surface area (Å²) in [5.74, 6) is -0.650. The Labute approximate surface area is 112 Å². The van der Waals surface area contributed by atoms with Crippen LogP contribution in [0.15, 0.2) is 45.7 Å². The lowest BCUT2D eigenvalue weighted by atomic mass is 10.1. The first-order valence-corrected chi connectivity index (χ1v) is 6.17. The van der Waals surface area contributed by atoms with Crippen molar-refractivity contribution in [3.8, 4) is 0 Å². The number of furan rings is 1. The van der Waals surface area contributed by atoms with Gasteiger partial charge >= 0.3 is 0 Å². The predicted octanol–water partition coefficient (Wildman–Crippen LogP) is 3.67. The van der Waals surface area contributed by atoms with Crippen LogP contribution in [0, 0.1) is 5.82 Å². The van der Waals surface area contributed by atoms with E-state index in [4.69, 9.17) is 4.42 Å². The fourth-order valence-corrected chi connectivity index (χ4v) is 2.05. The van der Waals surface area contributed by atoms with Crippen molar-refractivity contribution in [1.82, 2.24) is 5.32 Å². The summed E-state index contributed by atoms with van der Waals surface area (Å²) in [7, 11) is 0. The summed E-state index contributed by atoms with van der Waals surface area (Å²) >= 11 is 3.13. The minimum absolute atomic E-state index is 0.314. The maximum atomic E-state index is 13.5. The van der Waals surface area contributed by atoms with Crippen LogP contribution in [0.4, 0.5) is 4.39 Å². The Morgan fingerprint density at radius 2 is 2.11 bits per heavy atom. The molecule has 18 heavy (non-hydrogen) atoms. The van der Waals surface area contributed by atoms with Gasteiger partial charge in [0.1, 0.15) is 5.82 Å². The number of amides is 1. The van der Waals surface area contributed by atoms with E-state index < -0.39 is 6.04 Å². The third-order valence-electron chi connectivity index (χ3n) is 2.58. The summed E-state index contributed by atoms with van der Waals surface area (Å²) in [6.07, 6.45) is 1.41. The van der Waals surface area contributed by atoms with Crippen LogP contribution in [-0.4, -0.2) is 5.91 Å². The fourth-order valence-electron chi connectivity index (χ4n) is 1.63. The van der Waals surface area contributed by atoms with E-state index >= 15 is 0 Å². The Hall–Kier alpha value is -1.62. The average molecular weight is 312 g/mol. The quantitative estimate of drug-likeness (QED) is 0.939. The van der Waals surface area contributed by atoms with Crippen LogP contribution in [0.1, 0.15) is 28.9 Å². The second kappa shape index (κ2) is 5.35. The van der Waals surface area contributed by atoms with Gasteiger partial charge in [0.2, 0.25) is 0 Å². The molecule has 1 aromatic heterocycles. The molecule has 1 unspecified atom stereocenters. The molecular formula is C13H11BrFNO2. The maximum Gasteiger partial charge on any atom is 0.256 e. The topological polar surface area (TPSA) is 42.2 Å². The standard InChI is InChI=1S/C13H11BrFNO2/c1-8(9-4-2-3-5-11(9)15)16-13(17)10-6-7-18-12(10)14/h2-8H,1H3,(H,16,17). The molecule has 0 aliphatic carbocycles. The van der Waals surface area contributed by atoms with Gasteiger partial charge in [-0.2, -0.15) is 0 Å². The normalized spacial score (nSPS) is 12.2. The fraction of sp³-hybridized carbons (Fsp3) is 0.154. The van der Waals surface area contributed by atoms with Gasteiger partial charge in [-0.15, -0.1) is 0 Å². The van der Waals surface area contributed by atoms with Crippen molar-refractivity contribution in [2.75, 3.05) is 0 Å². The molecular weight excluding hydrogens is 301 g/mol. The average Bonchev–Trinajstić information content (AvgIpc) is 2.76. The Bertz CT molecular complexity index is 568. The number of hydrogen-bond acceptors (Lipinski definition) is 2. The highest BCUT2D eigenvalue weighted by Gasteiger charge is 2.17. The van der Waals surface area contributed by atoms with Gasteiger partial charge in [0.05, 0.1) is 17.9 Å². The smallest absolute Gasteiger partial charge is 0.256 e. The lowest BCUT2D eigenvalue weighted by Gasteiger charge is -2.14. The molecule has 0 aliphatic rings. The monoisotopic (exact) mass is 311 g/mol. The van der Waals surface area contributed by atoms with Gasteiger partial charge in [0.15, 0.2) is 4.67 Å². The van der Waals surface area contributed by atoms with E-state index in [9.17, 15) is 9.18 Å². The molecule has 2 aromatic rings. The molecule has 0 saturated heterocycles.